The lowest BCUT2D eigenvalue weighted by Gasteiger charge is -2.21. The molecule has 1 aliphatic heterocycles. The van der Waals surface area contributed by atoms with E-state index in [2.05, 4.69) is 19.8 Å². The van der Waals surface area contributed by atoms with E-state index in [1.54, 1.807) is 12.4 Å². The fourth-order valence-corrected chi connectivity index (χ4v) is 2.03. The highest BCUT2D eigenvalue weighted by Crippen LogP contribution is 2.09. The van der Waals surface area contributed by atoms with Crippen LogP contribution in [0.1, 0.15) is 6.42 Å². The molecule has 0 bridgehead atoms. The Hall–Kier alpha value is -1.20. The third-order valence-corrected chi connectivity index (χ3v) is 2.87. The molecule has 0 radical (unpaired) electrons. The number of rotatable bonds is 3. The average Bonchev–Trinajstić information content (AvgIpc) is 2.57. The highest BCUT2D eigenvalue weighted by atomic mass is 15.3. The van der Waals surface area contributed by atoms with Crippen molar-refractivity contribution in [2.75, 3.05) is 44.2 Å². The molecule has 5 heteroatoms. The molecule has 1 aromatic heterocycles. The van der Waals surface area contributed by atoms with Crippen LogP contribution >= 0.6 is 0 Å². The summed E-state index contributed by atoms with van der Waals surface area (Å²) >= 11 is 0. The van der Waals surface area contributed by atoms with Crippen molar-refractivity contribution < 1.29 is 0 Å². The van der Waals surface area contributed by atoms with E-state index in [1.807, 2.05) is 6.07 Å². The van der Waals surface area contributed by atoms with E-state index in [9.17, 15) is 0 Å². The Morgan fingerprint density at radius 2 is 1.94 bits per heavy atom. The largest absolute Gasteiger partial charge is 0.339 e. The molecule has 0 spiro atoms. The van der Waals surface area contributed by atoms with Gasteiger partial charge in [0.25, 0.3) is 0 Å². The third kappa shape index (κ3) is 2.90. The van der Waals surface area contributed by atoms with Gasteiger partial charge in [-0.2, -0.15) is 0 Å². The van der Waals surface area contributed by atoms with Crippen molar-refractivity contribution in [2.24, 2.45) is 5.73 Å². The minimum absolute atomic E-state index is 0.738. The number of hydrogen-bond acceptors (Lipinski definition) is 5. The summed E-state index contributed by atoms with van der Waals surface area (Å²) in [4.78, 5) is 13.2. The van der Waals surface area contributed by atoms with E-state index >= 15 is 0 Å². The summed E-state index contributed by atoms with van der Waals surface area (Å²) in [6.45, 7) is 5.93. The number of anilines is 1. The summed E-state index contributed by atoms with van der Waals surface area (Å²) in [6, 6.07) is 1.85. The van der Waals surface area contributed by atoms with Crippen LogP contribution in [0, 0.1) is 0 Å². The molecule has 2 heterocycles. The van der Waals surface area contributed by atoms with E-state index in [0.717, 1.165) is 51.6 Å². The number of nitrogens with zero attached hydrogens (tertiary/aromatic N) is 4. The van der Waals surface area contributed by atoms with Crippen molar-refractivity contribution in [3.8, 4) is 0 Å². The second kappa shape index (κ2) is 5.77. The Bertz CT molecular complexity index is 303. The smallest absolute Gasteiger partial charge is 0.225 e. The van der Waals surface area contributed by atoms with Crippen LogP contribution in [-0.2, 0) is 0 Å². The molecule has 16 heavy (non-hydrogen) atoms. The van der Waals surface area contributed by atoms with Gasteiger partial charge in [0, 0.05) is 45.1 Å². The molecule has 88 valence electrons. The van der Waals surface area contributed by atoms with Gasteiger partial charge in [-0.05, 0) is 19.0 Å². The molecule has 1 saturated heterocycles. The Labute approximate surface area is 96.3 Å². The van der Waals surface area contributed by atoms with Crippen LogP contribution in [0.15, 0.2) is 18.5 Å². The summed E-state index contributed by atoms with van der Waals surface area (Å²) in [6.07, 6.45) is 4.74. The topological polar surface area (TPSA) is 58.3 Å². The Morgan fingerprint density at radius 3 is 2.69 bits per heavy atom. The SMILES string of the molecule is NCCN1CCCN(c2ncccn2)CC1. The zero-order valence-corrected chi connectivity index (χ0v) is 9.55. The summed E-state index contributed by atoms with van der Waals surface area (Å²) in [5.74, 6) is 0.845. The van der Waals surface area contributed by atoms with Crippen molar-refractivity contribution in [1.82, 2.24) is 14.9 Å². The van der Waals surface area contributed by atoms with Crippen molar-refractivity contribution >= 4 is 5.95 Å². The molecule has 1 aromatic rings. The van der Waals surface area contributed by atoms with Gasteiger partial charge in [0.2, 0.25) is 5.95 Å². The van der Waals surface area contributed by atoms with Gasteiger partial charge in [-0.1, -0.05) is 0 Å². The van der Waals surface area contributed by atoms with Gasteiger partial charge in [0.05, 0.1) is 0 Å². The van der Waals surface area contributed by atoms with Gasteiger partial charge in [-0.3, -0.25) is 0 Å². The third-order valence-electron chi connectivity index (χ3n) is 2.87. The second-order valence-electron chi connectivity index (χ2n) is 4.02. The molecule has 0 amide bonds. The normalized spacial score (nSPS) is 18.4. The predicted molar refractivity (Wildman–Crippen MR) is 64.4 cm³/mol. The minimum Gasteiger partial charge on any atom is -0.339 e. The number of hydrogen-bond donors (Lipinski definition) is 1. The number of nitrogens with two attached hydrogens (primary N) is 1. The van der Waals surface area contributed by atoms with Crippen LogP contribution in [0.5, 0.6) is 0 Å². The lowest BCUT2D eigenvalue weighted by atomic mass is 10.4. The van der Waals surface area contributed by atoms with Crippen molar-refractivity contribution in [1.29, 1.82) is 0 Å². The van der Waals surface area contributed by atoms with Crippen LogP contribution in [0.2, 0.25) is 0 Å². The predicted octanol–water partition coefficient (Wildman–Crippen LogP) is -0.0526. The van der Waals surface area contributed by atoms with Gasteiger partial charge in [0.15, 0.2) is 0 Å². The average molecular weight is 221 g/mol. The highest BCUT2D eigenvalue weighted by Gasteiger charge is 2.15. The first-order valence-electron chi connectivity index (χ1n) is 5.84. The summed E-state index contributed by atoms with van der Waals surface area (Å²) in [7, 11) is 0. The molecule has 1 fully saturated rings. The number of aromatic nitrogens is 2. The van der Waals surface area contributed by atoms with E-state index < -0.39 is 0 Å². The zero-order valence-electron chi connectivity index (χ0n) is 9.55. The first kappa shape index (κ1) is 11.3. The first-order chi connectivity index (χ1) is 7.90. The molecule has 5 nitrogen and oxygen atoms in total. The minimum atomic E-state index is 0.738. The molecule has 0 atom stereocenters. The van der Waals surface area contributed by atoms with Crippen molar-refractivity contribution in [3.63, 3.8) is 0 Å². The van der Waals surface area contributed by atoms with Gasteiger partial charge < -0.3 is 15.5 Å². The van der Waals surface area contributed by atoms with Gasteiger partial charge >= 0.3 is 0 Å². The van der Waals surface area contributed by atoms with Crippen molar-refractivity contribution in [2.45, 2.75) is 6.42 Å². The van der Waals surface area contributed by atoms with E-state index in [-0.39, 0.29) is 0 Å². The van der Waals surface area contributed by atoms with Crippen LogP contribution in [0.25, 0.3) is 0 Å². The van der Waals surface area contributed by atoms with Gasteiger partial charge in [-0.25, -0.2) is 9.97 Å². The quantitative estimate of drug-likeness (QED) is 0.775. The maximum Gasteiger partial charge on any atom is 0.225 e. The monoisotopic (exact) mass is 221 g/mol. The molecular formula is C11H19N5. The van der Waals surface area contributed by atoms with E-state index in [0.29, 0.717) is 0 Å². The maximum absolute atomic E-state index is 5.58. The summed E-state index contributed by atoms with van der Waals surface area (Å²) in [5, 5.41) is 0. The molecule has 1 aliphatic rings. The molecule has 0 aliphatic carbocycles. The van der Waals surface area contributed by atoms with Gasteiger partial charge in [-0.15, -0.1) is 0 Å². The Kier molecular flexibility index (Phi) is 4.07. The molecule has 2 rings (SSSR count). The van der Waals surface area contributed by atoms with Crippen LogP contribution < -0.4 is 10.6 Å². The summed E-state index contributed by atoms with van der Waals surface area (Å²) in [5.41, 5.74) is 5.58. The Morgan fingerprint density at radius 1 is 1.12 bits per heavy atom. The van der Waals surface area contributed by atoms with Crippen molar-refractivity contribution in [3.05, 3.63) is 18.5 Å². The Balaban J connectivity index is 1.94. The second-order valence-corrected chi connectivity index (χ2v) is 4.02. The van der Waals surface area contributed by atoms with Crippen LogP contribution in [-0.4, -0.2) is 54.1 Å². The fraction of sp³-hybridized carbons (Fsp3) is 0.636. The lowest BCUT2D eigenvalue weighted by molar-refractivity contribution is 0.302. The van der Waals surface area contributed by atoms with E-state index in [1.165, 1.54) is 0 Å². The molecule has 0 saturated carbocycles. The van der Waals surface area contributed by atoms with Crippen LogP contribution in [0.3, 0.4) is 0 Å². The molecule has 0 unspecified atom stereocenters. The fourth-order valence-electron chi connectivity index (χ4n) is 2.03. The van der Waals surface area contributed by atoms with Crippen LogP contribution in [0.4, 0.5) is 5.95 Å². The van der Waals surface area contributed by atoms with Gasteiger partial charge in [0.1, 0.15) is 0 Å². The standard InChI is InChI=1S/C11H19N5/c12-3-8-15-6-2-7-16(10-9-15)11-13-4-1-5-14-11/h1,4-5H,2-3,6-10,12H2. The first-order valence-corrected chi connectivity index (χ1v) is 5.84. The summed E-state index contributed by atoms with van der Waals surface area (Å²) < 4.78 is 0. The molecule has 2 N–H and O–H groups in total. The lowest BCUT2D eigenvalue weighted by Crippen LogP contribution is -2.34. The molecule has 0 aromatic carbocycles. The zero-order chi connectivity index (χ0) is 11.2. The maximum atomic E-state index is 5.58. The van der Waals surface area contributed by atoms with E-state index in [4.69, 9.17) is 5.73 Å². The highest BCUT2D eigenvalue weighted by molar-refractivity contribution is 5.28. The molecular weight excluding hydrogens is 202 g/mol.